The van der Waals surface area contributed by atoms with Gasteiger partial charge in [-0.05, 0) is 45.2 Å². The third kappa shape index (κ3) is 2.06. The molecule has 0 aliphatic heterocycles. The molecule has 0 saturated carbocycles. The van der Waals surface area contributed by atoms with E-state index in [0.29, 0.717) is 0 Å². The van der Waals surface area contributed by atoms with Gasteiger partial charge in [-0.3, -0.25) is 10.1 Å². The molecule has 1 rings (SSSR count). The Hall–Kier alpha value is -0.0600. The maximum Gasteiger partial charge on any atom is 0.307 e. The molecular weight excluding hydrogens is 410 g/mol. The highest BCUT2D eigenvalue weighted by Crippen LogP contribution is 2.28. The topological polar surface area (TPSA) is 43.1 Å². The lowest BCUT2D eigenvalue weighted by atomic mass is 10.3. The molecule has 0 spiro atoms. The average Bonchev–Trinajstić information content (AvgIpc) is 2.07. The maximum atomic E-state index is 13.0. The number of nitro benzene ring substituents is 1. The standard InChI is InChI=1S/C6HF2I2NO2/c7-4-2(9)1-3(11(12)13)5(8)6(4)10/h1H. The minimum atomic E-state index is -1.12. The molecule has 0 aliphatic carbocycles. The molecular formula is C6HF2I2NO2. The van der Waals surface area contributed by atoms with E-state index in [9.17, 15) is 18.9 Å². The van der Waals surface area contributed by atoms with Crippen molar-refractivity contribution in [2.45, 2.75) is 0 Å². The van der Waals surface area contributed by atoms with Crippen LogP contribution in [0.25, 0.3) is 0 Å². The average molecular weight is 411 g/mol. The molecule has 0 fully saturated rings. The van der Waals surface area contributed by atoms with Gasteiger partial charge >= 0.3 is 5.69 Å². The van der Waals surface area contributed by atoms with E-state index >= 15 is 0 Å². The lowest BCUT2D eigenvalue weighted by Crippen LogP contribution is -1.99. The number of nitrogens with zero attached hydrogens (tertiary/aromatic N) is 1. The highest BCUT2D eigenvalue weighted by molar-refractivity contribution is 14.1. The van der Waals surface area contributed by atoms with Crippen molar-refractivity contribution in [3.8, 4) is 0 Å². The largest absolute Gasteiger partial charge is 0.307 e. The van der Waals surface area contributed by atoms with Crippen LogP contribution in [0.1, 0.15) is 0 Å². The smallest absolute Gasteiger partial charge is 0.258 e. The zero-order chi connectivity index (χ0) is 10.2. The van der Waals surface area contributed by atoms with Crippen LogP contribution in [0, 0.1) is 28.9 Å². The summed E-state index contributed by atoms with van der Waals surface area (Å²) < 4.78 is 25.6. The van der Waals surface area contributed by atoms with Gasteiger partial charge < -0.3 is 0 Å². The van der Waals surface area contributed by atoms with Gasteiger partial charge in [0.05, 0.1) is 12.1 Å². The van der Waals surface area contributed by atoms with Crippen molar-refractivity contribution in [1.29, 1.82) is 0 Å². The second kappa shape index (κ2) is 3.98. The molecule has 0 aromatic heterocycles. The van der Waals surface area contributed by atoms with E-state index in [4.69, 9.17) is 0 Å². The van der Waals surface area contributed by atoms with Gasteiger partial charge in [-0.2, -0.15) is 4.39 Å². The van der Waals surface area contributed by atoms with Gasteiger partial charge in [0.1, 0.15) is 0 Å². The zero-order valence-corrected chi connectivity index (χ0v) is 10.2. The quantitative estimate of drug-likeness (QED) is 0.235. The Balaban J connectivity index is 3.50. The van der Waals surface area contributed by atoms with E-state index in [0.717, 1.165) is 6.07 Å². The number of hydrogen-bond donors (Lipinski definition) is 0. The third-order valence-corrected chi connectivity index (χ3v) is 3.01. The van der Waals surface area contributed by atoms with Crippen molar-refractivity contribution in [2.24, 2.45) is 0 Å². The van der Waals surface area contributed by atoms with Crippen molar-refractivity contribution in [1.82, 2.24) is 0 Å². The molecule has 0 amide bonds. The summed E-state index contributed by atoms with van der Waals surface area (Å²) in [6, 6.07) is 0.868. The second-order valence-electron chi connectivity index (χ2n) is 2.08. The van der Waals surface area contributed by atoms with Crippen LogP contribution in [0.15, 0.2) is 6.07 Å². The number of nitro groups is 1. The van der Waals surface area contributed by atoms with Crippen LogP contribution >= 0.6 is 45.2 Å². The Labute approximate surface area is 98.9 Å². The predicted molar refractivity (Wildman–Crippen MR) is 58.4 cm³/mol. The molecule has 1 aromatic rings. The van der Waals surface area contributed by atoms with Crippen LogP contribution in [0.2, 0.25) is 0 Å². The molecule has 0 heterocycles. The summed E-state index contributed by atoms with van der Waals surface area (Å²) in [6.07, 6.45) is 0. The van der Waals surface area contributed by atoms with Crippen molar-refractivity contribution in [2.75, 3.05) is 0 Å². The first-order chi connectivity index (χ1) is 5.95. The normalized spacial score (nSPS) is 10.2. The first-order valence-electron chi connectivity index (χ1n) is 2.92. The molecule has 1 aromatic carbocycles. The zero-order valence-electron chi connectivity index (χ0n) is 5.85. The minimum absolute atomic E-state index is 0.0371. The molecule has 0 N–H and O–H groups in total. The van der Waals surface area contributed by atoms with Crippen molar-refractivity contribution in [3.05, 3.63) is 35.0 Å². The molecule has 0 saturated heterocycles. The van der Waals surface area contributed by atoms with Crippen molar-refractivity contribution in [3.63, 3.8) is 0 Å². The van der Waals surface area contributed by atoms with Gasteiger partial charge in [-0.1, -0.05) is 0 Å². The van der Waals surface area contributed by atoms with Crippen LogP contribution in [-0.4, -0.2) is 4.92 Å². The number of halogens is 4. The van der Waals surface area contributed by atoms with E-state index in [1.54, 1.807) is 22.6 Å². The fourth-order valence-electron chi connectivity index (χ4n) is 0.693. The lowest BCUT2D eigenvalue weighted by Gasteiger charge is -2.00. The summed E-state index contributed by atoms with van der Waals surface area (Å²) in [6.45, 7) is 0. The van der Waals surface area contributed by atoms with Crippen molar-refractivity contribution >= 4 is 50.9 Å². The summed E-state index contributed by atoms with van der Waals surface area (Å²) in [5.74, 6) is -1.88. The summed E-state index contributed by atoms with van der Waals surface area (Å²) >= 11 is 2.97. The van der Waals surface area contributed by atoms with E-state index in [-0.39, 0.29) is 7.14 Å². The highest BCUT2D eigenvalue weighted by Gasteiger charge is 2.22. The maximum absolute atomic E-state index is 13.0. The number of rotatable bonds is 1. The highest BCUT2D eigenvalue weighted by atomic mass is 127. The van der Waals surface area contributed by atoms with Crippen molar-refractivity contribution < 1.29 is 13.7 Å². The summed E-state index contributed by atoms with van der Waals surface area (Å²) in [5, 5.41) is 10.3. The molecule has 3 nitrogen and oxygen atoms in total. The Morgan fingerprint density at radius 3 is 2.31 bits per heavy atom. The van der Waals surface area contributed by atoms with Gasteiger partial charge in [0, 0.05) is 6.07 Å². The van der Waals surface area contributed by atoms with E-state index < -0.39 is 22.2 Å². The molecule has 0 aliphatic rings. The van der Waals surface area contributed by atoms with E-state index in [1.165, 1.54) is 22.6 Å². The van der Waals surface area contributed by atoms with E-state index in [2.05, 4.69) is 0 Å². The molecule has 0 radical (unpaired) electrons. The molecule has 70 valence electrons. The molecule has 0 unspecified atom stereocenters. The molecule has 0 bridgehead atoms. The minimum Gasteiger partial charge on any atom is -0.258 e. The van der Waals surface area contributed by atoms with Crippen LogP contribution in [0.4, 0.5) is 14.5 Å². The van der Waals surface area contributed by atoms with Gasteiger partial charge in [0.25, 0.3) is 0 Å². The summed E-state index contributed by atoms with van der Waals surface area (Å²) in [4.78, 5) is 9.40. The van der Waals surface area contributed by atoms with Crippen LogP contribution < -0.4 is 0 Å². The summed E-state index contributed by atoms with van der Waals surface area (Å²) in [7, 11) is 0. The monoisotopic (exact) mass is 411 g/mol. The predicted octanol–water partition coefficient (Wildman–Crippen LogP) is 3.08. The SMILES string of the molecule is O=[N+]([O-])c1cc(I)c(F)c(I)c1F. The number of benzene rings is 1. The molecule has 7 heteroatoms. The lowest BCUT2D eigenvalue weighted by molar-refractivity contribution is -0.387. The molecule has 13 heavy (non-hydrogen) atoms. The Bertz CT molecular complexity index is 383. The van der Waals surface area contributed by atoms with Gasteiger partial charge in [-0.15, -0.1) is 0 Å². The van der Waals surface area contributed by atoms with Crippen LogP contribution in [0.5, 0.6) is 0 Å². The first-order valence-corrected chi connectivity index (χ1v) is 5.08. The summed E-state index contributed by atoms with van der Waals surface area (Å²) in [5.41, 5.74) is -0.699. The number of hydrogen-bond acceptors (Lipinski definition) is 2. The molecule has 0 atom stereocenters. The Morgan fingerprint density at radius 1 is 1.31 bits per heavy atom. The van der Waals surface area contributed by atoms with E-state index in [1.807, 2.05) is 0 Å². The van der Waals surface area contributed by atoms with Crippen LogP contribution in [-0.2, 0) is 0 Å². The first kappa shape index (κ1) is 11.0. The Morgan fingerprint density at radius 2 is 1.85 bits per heavy atom. The fourth-order valence-corrected chi connectivity index (χ4v) is 2.34. The van der Waals surface area contributed by atoms with Crippen LogP contribution in [0.3, 0.4) is 0 Å². The second-order valence-corrected chi connectivity index (χ2v) is 4.32. The van der Waals surface area contributed by atoms with Gasteiger partial charge in [-0.25, -0.2) is 4.39 Å². The third-order valence-electron chi connectivity index (χ3n) is 1.28. The fraction of sp³-hybridized carbons (Fsp3) is 0. The Kier molecular flexibility index (Phi) is 3.38. The van der Waals surface area contributed by atoms with Gasteiger partial charge in [0.2, 0.25) is 5.82 Å². The van der Waals surface area contributed by atoms with Gasteiger partial charge in [0.15, 0.2) is 5.82 Å².